The zero-order valence-corrected chi connectivity index (χ0v) is 14.0. The molecule has 0 N–H and O–H groups in total. The Morgan fingerprint density at radius 2 is 1.71 bits per heavy atom. The summed E-state index contributed by atoms with van der Waals surface area (Å²) in [6, 6.07) is 16.9. The number of para-hydroxylation sites is 2. The maximum absolute atomic E-state index is 14.2. The highest BCUT2D eigenvalue weighted by Crippen LogP contribution is 2.28. The first-order valence-corrected chi connectivity index (χ1v) is 8.57. The number of carbonyl (C=O) groups is 1. The van der Waals surface area contributed by atoms with Crippen molar-refractivity contribution in [3.63, 3.8) is 0 Å². The van der Waals surface area contributed by atoms with Crippen molar-refractivity contribution in [2.45, 2.75) is 32.2 Å². The van der Waals surface area contributed by atoms with Gasteiger partial charge in [-0.25, -0.2) is 4.39 Å². The van der Waals surface area contributed by atoms with Crippen LogP contribution in [0.2, 0.25) is 0 Å². The van der Waals surface area contributed by atoms with Gasteiger partial charge in [0.15, 0.2) is 0 Å². The second kappa shape index (κ2) is 7.47. The standard InChI is InChI=1S/C20H23FN2O/c1-2-20(24)23(19-11-7-6-10-18(19)21)17-12-14-22(15-13-17)16-8-4-3-5-9-16/h3-11,17H,2,12-15H2,1H3. The molecule has 1 aliphatic rings. The maximum Gasteiger partial charge on any atom is 0.227 e. The molecule has 126 valence electrons. The van der Waals surface area contributed by atoms with Gasteiger partial charge in [-0.05, 0) is 37.1 Å². The van der Waals surface area contributed by atoms with Crippen LogP contribution >= 0.6 is 0 Å². The van der Waals surface area contributed by atoms with Gasteiger partial charge in [-0.2, -0.15) is 0 Å². The molecule has 0 saturated carbocycles. The van der Waals surface area contributed by atoms with E-state index in [0.717, 1.165) is 25.9 Å². The molecule has 0 spiro atoms. The van der Waals surface area contributed by atoms with Crippen molar-refractivity contribution < 1.29 is 9.18 Å². The number of halogens is 1. The zero-order valence-electron chi connectivity index (χ0n) is 14.0. The predicted octanol–water partition coefficient (Wildman–Crippen LogP) is 4.24. The molecule has 0 bridgehead atoms. The molecule has 0 unspecified atom stereocenters. The van der Waals surface area contributed by atoms with Crippen LogP contribution in [0.1, 0.15) is 26.2 Å². The van der Waals surface area contributed by atoms with Gasteiger partial charge in [-0.1, -0.05) is 37.3 Å². The van der Waals surface area contributed by atoms with Gasteiger partial charge in [0.05, 0.1) is 5.69 Å². The number of hydrogen-bond donors (Lipinski definition) is 0. The van der Waals surface area contributed by atoms with Crippen LogP contribution in [-0.2, 0) is 4.79 Å². The molecule has 1 aliphatic heterocycles. The Hall–Kier alpha value is -2.36. The second-order valence-corrected chi connectivity index (χ2v) is 6.12. The molecule has 0 radical (unpaired) electrons. The fraction of sp³-hybridized carbons (Fsp3) is 0.350. The molecule has 2 aromatic rings. The molecule has 2 aromatic carbocycles. The molecule has 1 heterocycles. The van der Waals surface area contributed by atoms with Crippen LogP contribution in [0.15, 0.2) is 54.6 Å². The molecule has 0 aromatic heterocycles. The summed E-state index contributed by atoms with van der Waals surface area (Å²) in [6.07, 6.45) is 2.07. The number of piperidine rings is 1. The number of hydrogen-bond acceptors (Lipinski definition) is 2. The van der Waals surface area contributed by atoms with Crippen molar-refractivity contribution >= 4 is 17.3 Å². The van der Waals surface area contributed by atoms with Gasteiger partial charge in [0.2, 0.25) is 5.91 Å². The van der Waals surface area contributed by atoms with E-state index >= 15 is 0 Å². The lowest BCUT2D eigenvalue weighted by molar-refractivity contribution is -0.118. The smallest absolute Gasteiger partial charge is 0.227 e. The van der Waals surface area contributed by atoms with E-state index in [-0.39, 0.29) is 17.8 Å². The van der Waals surface area contributed by atoms with E-state index in [1.54, 1.807) is 23.1 Å². The number of rotatable bonds is 4. The third-order valence-electron chi connectivity index (χ3n) is 4.63. The van der Waals surface area contributed by atoms with Gasteiger partial charge >= 0.3 is 0 Å². The number of anilines is 2. The highest BCUT2D eigenvalue weighted by molar-refractivity contribution is 5.94. The fourth-order valence-corrected chi connectivity index (χ4v) is 3.37. The lowest BCUT2D eigenvalue weighted by Crippen LogP contribution is -2.48. The minimum Gasteiger partial charge on any atom is -0.371 e. The van der Waals surface area contributed by atoms with E-state index < -0.39 is 0 Å². The average molecular weight is 326 g/mol. The molecular weight excluding hydrogens is 303 g/mol. The zero-order chi connectivity index (χ0) is 16.9. The van der Waals surface area contributed by atoms with Gasteiger partial charge in [-0.3, -0.25) is 4.79 Å². The first kappa shape index (κ1) is 16.5. The van der Waals surface area contributed by atoms with E-state index in [1.165, 1.54) is 11.8 Å². The Morgan fingerprint density at radius 1 is 1.08 bits per heavy atom. The highest BCUT2D eigenvalue weighted by atomic mass is 19.1. The van der Waals surface area contributed by atoms with Crippen LogP contribution in [0.25, 0.3) is 0 Å². The van der Waals surface area contributed by atoms with E-state index in [0.29, 0.717) is 12.1 Å². The first-order chi connectivity index (χ1) is 11.7. The Kier molecular flexibility index (Phi) is 5.14. The van der Waals surface area contributed by atoms with E-state index in [2.05, 4.69) is 17.0 Å². The predicted molar refractivity (Wildman–Crippen MR) is 95.9 cm³/mol. The topological polar surface area (TPSA) is 23.6 Å². The van der Waals surface area contributed by atoms with Crippen LogP contribution < -0.4 is 9.80 Å². The third kappa shape index (κ3) is 3.42. The van der Waals surface area contributed by atoms with Crippen LogP contribution in [0.3, 0.4) is 0 Å². The molecule has 4 heteroatoms. The molecule has 0 atom stereocenters. The van der Waals surface area contributed by atoms with E-state index in [9.17, 15) is 9.18 Å². The average Bonchev–Trinajstić information content (AvgIpc) is 2.64. The van der Waals surface area contributed by atoms with Crippen molar-refractivity contribution in [2.24, 2.45) is 0 Å². The lowest BCUT2D eigenvalue weighted by Gasteiger charge is -2.39. The van der Waals surface area contributed by atoms with Crippen LogP contribution in [0.4, 0.5) is 15.8 Å². The highest BCUT2D eigenvalue weighted by Gasteiger charge is 2.29. The van der Waals surface area contributed by atoms with Crippen molar-refractivity contribution in [1.29, 1.82) is 0 Å². The van der Waals surface area contributed by atoms with Crippen LogP contribution in [0.5, 0.6) is 0 Å². The lowest BCUT2D eigenvalue weighted by atomic mass is 10.0. The molecule has 1 saturated heterocycles. The molecular formula is C20H23FN2O. The van der Waals surface area contributed by atoms with Crippen LogP contribution in [0, 0.1) is 5.82 Å². The summed E-state index contributed by atoms with van der Waals surface area (Å²) in [5.74, 6) is -0.344. The van der Waals surface area contributed by atoms with E-state index in [1.807, 2.05) is 25.1 Å². The minimum absolute atomic E-state index is 0.0155. The van der Waals surface area contributed by atoms with Crippen molar-refractivity contribution in [1.82, 2.24) is 0 Å². The number of amides is 1. The van der Waals surface area contributed by atoms with Crippen molar-refractivity contribution in [3.05, 3.63) is 60.4 Å². The molecule has 1 amide bonds. The van der Waals surface area contributed by atoms with Gasteiger partial charge in [0.1, 0.15) is 5.82 Å². The summed E-state index contributed by atoms with van der Waals surface area (Å²) < 4.78 is 14.2. The van der Waals surface area contributed by atoms with Gasteiger partial charge in [-0.15, -0.1) is 0 Å². The summed E-state index contributed by atoms with van der Waals surface area (Å²) >= 11 is 0. The molecule has 1 fully saturated rings. The second-order valence-electron chi connectivity index (χ2n) is 6.12. The van der Waals surface area contributed by atoms with Gasteiger partial charge in [0.25, 0.3) is 0 Å². The molecule has 3 rings (SSSR count). The quantitative estimate of drug-likeness (QED) is 0.839. The summed E-state index contributed by atoms with van der Waals surface area (Å²) in [5, 5.41) is 0. The van der Waals surface area contributed by atoms with Crippen LogP contribution in [-0.4, -0.2) is 25.0 Å². The maximum atomic E-state index is 14.2. The monoisotopic (exact) mass is 326 g/mol. The summed E-state index contributed by atoms with van der Waals surface area (Å²) in [5.41, 5.74) is 1.61. The third-order valence-corrected chi connectivity index (χ3v) is 4.63. The summed E-state index contributed by atoms with van der Waals surface area (Å²) in [7, 11) is 0. The normalized spacial score (nSPS) is 15.3. The van der Waals surface area contributed by atoms with Gasteiger partial charge < -0.3 is 9.80 Å². The Labute approximate surface area is 142 Å². The summed E-state index contributed by atoms with van der Waals surface area (Å²) in [6.45, 7) is 3.57. The van der Waals surface area contributed by atoms with Crippen molar-refractivity contribution in [3.8, 4) is 0 Å². The molecule has 24 heavy (non-hydrogen) atoms. The minimum atomic E-state index is -0.329. The first-order valence-electron chi connectivity index (χ1n) is 8.57. The number of carbonyl (C=O) groups excluding carboxylic acids is 1. The molecule has 3 nitrogen and oxygen atoms in total. The molecule has 0 aliphatic carbocycles. The fourth-order valence-electron chi connectivity index (χ4n) is 3.37. The summed E-state index contributed by atoms with van der Waals surface area (Å²) in [4.78, 5) is 16.5. The Balaban J connectivity index is 1.76. The number of benzene rings is 2. The SMILES string of the molecule is CCC(=O)N(c1ccccc1F)C1CCN(c2ccccc2)CC1. The Bertz CT molecular complexity index is 681. The van der Waals surface area contributed by atoms with Gasteiger partial charge in [0, 0.05) is 31.2 Å². The Morgan fingerprint density at radius 3 is 2.33 bits per heavy atom. The number of nitrogens with zero attached hydrogens (tertiary/aromatic N) is 2. The van der Waals surface area contributed by atoms with E-state index in [4.69, 9.17) is 0 Å². The largest absolute Gasteiger partial charge is 0.371 e. The van der Waals surface area contributed by atoms with Crippen molar-refractivity contribution in [2.75, 3.05) is 22.9 Å².